The third-order valence-corrected chi connectivity index (χ3v) is 4.51. The molecule has 1 saturated carbocycles. The van der Waals surface area contributed by atoms with Crippen molar-refractivity contribution in [2.24, 2.45) is 0 Å². The molecule has 27 heavy (non-hydrogen) atoms. The fourth-order valence-electron chi connectivity index (χ4n) is 2.88. The molecule has 1 aromatic rings. The van der Waals surface area contributed by atoms with E-state index in [9.17, 15) is 14.4 Å². The van der Waals surface area contributed by atoms with Crippen LogP contribution in [0.1, 0.15) is 57.9 Å². The van der Waals surface area contributed by atoms with Crippen LogP contribution in [-0.4, -0.2) is 36.7 Å². The molecular formula is C20H28N2O5. The van der Waals surface area contributed by atoms with Gasteiger partial charge < -0.3 is 14.8 Å². The summed E-state index contributed by atoms with van der Waals surface area (Å²) in [5.74, 6) is -0.388. The first-order valence-corrected chi connectivity index (χ1v) is 9.38. The summed E-state index contributed by atoms with van der Waals surface area (Å²) in [6.07, 6.45) is 2.91. The Morgan fingerprint density at radius 1 is 1.07 bits per heavy atom. The Kier molecular flexibility index (Phi) is 7.64. The van der Waals surface area contributed by atoms with Crippen molar-refractivity contribution in [3.8, 4) is 5.75 Å². The van der Waals surface area contributed by atoms with Crippen molar-refractivity contribution in [2.75, 3.05) is 6.61 Å². The van der Waals surface area contributed by atoms with Gasteiger partial charge in [0.15, 0.2) is 12.7 Å². The van der Waals surface area contributed by atoms with Crippen molar-refractivity contribution in [3.05, 3.63) is 29.8 Å². The van der Waals surface area contributed by atoms with Crippen molar-refractivity contribution in [3.63, 3.8) is 0 Å². The summed E-state index contributed by atoms with van der Waals surface area (Å²) in [6.45, 7) is 5.28. The van der Waals surface area contributed by atoms with E-state index in [2.05, 4.69) is 24.5 Å². The molecule has 0 spiro atoms. The fraction of sp³-hybridized carbons (Fsp3) is 0.550. The van der Waals surface area contributed by atoms with E-state index in [-0.39, 0.29) is 12.6 Å². The molecule has 0 aliphatic heterocycles. The maximum Gasteiger partial charge on any atom is 0.344 e. The SMILES string of the molecule is CC(OC(=O)COc1ccc(C(C)C)cc1)C(=O)NC(=O)NC1CCCC1. The van der Waals surface area contributed by atoms with Gasteiger partial charge in [0.2, 0.25) is 0 Å². The number of imide groups is 1. The van der Waals surface area contributed by atoms with E-state index in [0.717, 1.165) is 25.7 Å². The molecular weight excluding hydrogens is 348 g/mol. The van der Waals surface area contributed by atoms with Crippen molar-refractivity contribution >= 4 is 17.9 Å². The summed E-state index contributed by atoms with van der Waals surface area (Å²) in [7, 11) is 0. The van der Waals surface area contributed by atoms with E-state index in [1.165, 1.54) is 12.5 Å². The van der Waals surface area contributed by atoms with Crippen LogP contribution in [0, 0.1) is 0 Å². The highest BCUT2D eigenvalue weighted by atomic mass is 16.6. The predicted molar refractivity (Wildman–Crippen MR) is 101 cm³/mol. The van der Waals surface area contributed by atoms with Gasteiger partial charge in [-0.05, 0) is 43.4 Å². The summed E-state index contributed by atoms with van der Waals surface area (Å²) < 4.78 is 10.4. The molecule has 1 aromatic carbocycles. The number of urea groups is 1. The van der Waals surface area contributed by atoms with Crippen molar-refractivity contribution in [1.82, 2.24) is 10.6 Å². The van der Waals surface area contributed by atoms with Crippen LogP contribution in [0.3, 0.4) is 0 Å². The Bertz CT molecular complexity index is 651. The molecule has 0 radical (unpaired) electrons. The van der Waals surface area contributed by atoms with Gasteiger partial charge in [-0.1, -0.05) is 38.8 Å². The quantitative estimate of drug-likeness (QED) is 0.714. The molecule has 0 bridgehead atoms. The van der Waals surface area contributed by atoms with Crippen LogP contribution in [0.25, 0.3) is 0 Å². The smallest absolute Gasteiger partial charge is 0.344 e. The minimum Gasteiger partial charge on any atom is -0.482 e. The van der Waals surface area contributed by atoms with Crippen molar-refractivity contribution in [2.45, 2.75) is 64.5 Å². The molecule has 1 fully saturated rings. The zero-order valence-corrected chi connectivity index (χ0v) is 16.1. The number of amides is 3. The normalized spacial score (nSPS) is 15.3. The monoisotopic (exact) mass is 376 g/mol. The Morgan fingerprint density at radius 2 is 1.70 bits per heavy atom. The number of carbonyl (C=O) groups excluding carboxylic acids is 3. The Balaban J connectivity index is 1.70. The average Bonchev–Trinajstić information content (AvgIpc) is 3.13. The van der Waals surface area contributed by atoms with Crippen LogP contribution in [0.15, 0.2) is 24.3 Å². The number of ether oxygens (including phenoxy) is 2. The lowest BCUT2D eigenvalue weighted by molar-refractivity contribution is -0.156. The van der Waals surface area contributed by atoms with Gasteiger partial charge in [0, 0.05) is 6.04 Å². The molecule has 0 heterocycles. The molecule has 0 saturated heterocycles. The molecule has 148 valence electrons. The van der Waals surface area contributed by atoms with Gasteiger partial charge in [0.1, 0.15) is 5.75 Å². The summed E-state index contributed by atoms with van der Waals surface area (Å²) in [4.78, 5) is 35.6. The topological polar surface area (TPSA) is 93.7 Å². The van der Waals surface area contributed by atoms with Gasteiger partial charge >= 0.3 is 12.0 Å². The fourth-order valence-corrected chi connectivity index (χ4v) is 2.88. The minimum absolute atomic E-state index is 0.103. The zero-order valence-electron chi connectivity index (χ0n) is 16.1. The number of benzene rings is 1. The third kappa shape index (κ3) is 6.92. The largest absolute Gasteiger partial charge is 0.482 e. The summed E-state index contributed by atoms with van der Waals surface area (Å²) in [5, 5.41) is 4.94. The van der Waals surface area contributed by atoms with Crippen molar-refractivity contribution < 1.29 is 23.9 Å². The third-order valence-electron chi connectivity index (χ3n) is 4.51. The number of esters is 1. The lowest BCUT2D eigenvalue weighted by Crippen LogP contribution is -2.47. The molecule has 1 aliphatic carbocycles. The van der Waals surface area contributed by atoms with Gasteiger partial charge in [0.05, 0.1) is 0 Å². The number of hydrogen-bond donors (Lipinski definition) is 2. The van der Waals surface area contributed by atoms with E-state index >= 15 is 0 Å². The van der Waals surface area contributed by atoms with Gasteiger partial charge in [-0.25, -0.2) is 9.59 Å². The zero-order chi connectivity index (χ0) is 19.8. The Labute approximate surface area is 159 Å². The molecule has 0 aromatic heterocycles. The van der Waals surface area contributed by atoms with E-state index in [1.807, 2.05) is 12.1 Å². The highest BCUT2D eigenvalue weighted by Gasteiger charge is 2.22. The maximum atomic E-state index is 11.9. The number of rotatable bonds is 7. The average molecular weight is 376 g/mol. The van der Waals surface area contributed by atoms with Crippen LogP contribution in [-0.2, 0) is 14.3 Å². The lowest BCUT2D eigenvalue weighted by Gasteiger charge is -2.15. The van der Waals surface area contributed by atoms with Gasteiger partial charge in [0.25, 0.3) is 5.91 Å². The minimum atomic E-state index is -1.08. The van der Waals surface area contributed by atoms with Crippen LogP contribution >= 0.6 is 0 Å². The van der Waals surface area contributed by atoms with Crippen LogP contribution in [0.2, 0.25) is 0 Å². The number of nitrogens with one attached hydrogen (secondary N) is 2. The first kappa shape index (κ1) is 20.7. The molecule has 7 nitrogen and oxygen atoms in total. The standard InChI is InChI=1S/C20H28N2O5/c1-13(2)15-8-10-17(11-9-15)26-12-18(23)27-14(3)19(24)22-20(25)21-16-6-4-5-7-16/h8-11,13-14,16H,4-7,12H2,1-3H3,(H2,21,22,24,25). The highest BCUT2D eigenvalue weighted by molar-refractivity contribution is 5.97. The highest BCUT2D eigenvalue weighted by Crippen LogP contribution is 2.19. The molecule has 1 aliphatic rings. The van der Waals surface area contributed by atoms with Gasteiger partial charge in [-0.15, -0.1) is 0 Å². The molecule has 3 amide bonds. The number of carbonyl (C=O) groups is 3. The Morgan fingerprint density at radius 3 is 2.30 bits per heavy atom. The second-order valence-electron chi connectivity index (χ2n) is 7.09. The predicted octanol–water partition coefficient (Wildman–Crippen LogP) is 2.89. The number of hydrogen-bond acceptors (Lipinski definition) is 5. The van der Waals surface area contributed by atoms with Crippen LogP contribution < -0.4 is 15.4 Å². The van der Waals surface area contributed by atoms with E-state index in [1.54, 1.807) is 12.1 Å². The van der Waals surface area contributed by atoms with Gasteiger partial charge in [-0.3, -0.25) is 10.1 Å². The first-order valence-electron chi connectivity index (χ1n) is 9.38. The lowest BCUT2D eigenvalue weighted by atomic mass is 10.0. The Hall–Kier alpha value is -2.57. The van der Waals surface area contributed by atoms with Crippen LogP contribution in [0.5, 0.6) is 5.75 Å². The van der Waals surface area contributed by atoms with E-state index in [4.69, 9.17) is 9.47 Å². The summed E-state index contributed by atoms with van der Waals surface area (Å²) >= 11 is 0. The second-order valence-corrected chi connectivity index (χ2v) is 7.09. The maximum absolute atomic E-state index is 11.9. The first-order chi connectivity index (χ1) is 12.8. The summed E-state index contributed by atoms with van der Waals surface area (Å²) in [6, 6.07) is 6.98. The molecule has 2 rings (SSSR count). The summed E-state index contributed by atoms with van der Waals surface area (Å²) in [5.41, 5.74) is 1.17. The van der Waals surface area contributed by atoms with E-state index < -0.39 is 24.0 Å². The van der Waals surface area contributed by atoms with Crippen LogP contribution in [0.4, 0.5) is 4.79 Å². The van der Waals surface area contributed by atoms with Crippen molar-refractivity contribution in [1.29, 1.82) is 0 Å². The van der Waals surface area contributed by atoms with E-state index in [0.29, 0.717) is 11.7 Å². The molecule has 2 N–H and O–H groups in total. The molecule has 7 heteroatoms. The molecule has 1 atom stereocenters. The van der Waals surface area contributed by atoms with Gasteiger partial charge in [-0.2, -0.15) is 0 Å². The second kappa shape index (κ2) is 9.94. The molecule has 1 unspecified atom stereocenters.